The number of methoxy groups -OCH3 is 1. The lowest BCUT2D eigenvalue weighted by Gasteiger charge is -2.15. The minimum Gasteiger partial charge on any atom is -0.495 e. The highest BCUT2D eigenvalue weighted by Crippen LogP contribution is 2.37. The molecule has 0 unspecified atom stereocenters. The fourth-order valence-electron chi connectivity index (χ4n) is 3.93. The summed E-state index contributed by atoms with van der Waals surface area (Å²) >= 11 is 3.46. The van der Waals surface area contributed by atoms with Crippen LogP contribution in [0, 0.1) is 11.3 Å². The summed E-state index contributed by atoms with van der Waals surface area (Å²) in [5, 5.41) is 17.3. The number of carbonyl (C=O) groups is 2. The summed E-state index contributed by atoms with van der Waals surface area (Å²) in [4.78, 5) is 25.4. The van der Waals surface area contributed by atoms with Gasteiger partial charge in [0, 0.05) is 5.69 Å². The van der Waals surface area contributed by atoms with Crippen molar-refractivity contribution in [2.75, 3.05) is 31.0 Å². The van der Waals surface area contributed by atoms with Gasteiger partial charge in [-0.1, -0.05) is 42.5 Å². The molecule has 40 heavy (non-hydrogen) atoms. The van der Waals surface area contributed by atoms with Crippen molar-refractivity contribution >= 4 is 56.0 Å². The number of hydrogen-bond acceptors (Lipinski definition) is 6. The first-order valence-electron chi connectivity index (χ1n) is 12.4. The number of carbonyl (C=O) groups excluding carboxylic acids is 2. The summed E-state index contributed by atoms with van der Waals surface area (Å²) in [5.74, 6) is 0.259. The largest absolute Gasteiger partial charge is 0.495 e. The van der Waals surface area contributed by atoms with Crippen LogP contribution in [0.1, 0.15) is 12.5 Å². The number of benzene rings is 4. The maximum atomic E-state index is 12.9. The van der Waals surface area contributed by atoms with Crippen molar-refractivity contribution < 1.29 is 23.8 Å². The molecule has 4 rings (SSSR count). The van der Waals surface area contributed by atoms with Gasteiger partial charge in [0.1, 0.15) is 17.4 Å². The van der Waals surface area contributed by atoms with Crippen LogP contribution in [0.15, 0.2) is 88.9 Å². The van der Waals surface area contributed by atoms with E-state index in [9.17, 15) is 14.9 Å². The average Bonchev–Trinajstić information content (AvgIpc) is 2.95. The van der Waals surface area contributed by atoms with Gasteiger partial charge in [0.05, 0.1) is 23.9 Å². The van der Waals surface area contributed by atoms with E-state index in [1.165, 1.54) is 13.2 Å². The summed E-state index contributed by atoms with van der Waals surface area (Å²) in [6, 6.07) is 25.7. The van der Waals surface area contributed by atoms with E-state index in [0.717, 1.165) is 10.8 Å². The Kier molecular flexibility index (Phi) is 9.39. The number of para-hydroxylation sites is 2. The Morgan fingerprint density at radius 1 is 0.925 bits per heavy atom. The van der Waals surface area contributed by atoms with E-state index in [2.05, 4.69) is 26.6 Å². The molecule has 0 atom stereocenters. The Hall–Kier alpha value is -4.81. The van der Waals surface area contributed by atoms with Crippen molar-refractivity contribution in [3.8, 4) is 23.3 Å². The van der Waals surface area contributed by atoms with Crippen LogP contribution in [0.5, 0.6) is 17.2 Å². The molecule has 8 nitrogen and oxygen atoms in total. The quantitative estimate of drug-likeness (QED) is 0.157. The first-order valence-corrected chi connectivity index (χ1v) is 13.1. The molecule has 0 aromatic heterocycles. The second-order valence-electron chi connectivity index (χ2n) is 8.49. The molecule has 4 aromatic rings. The standard InChI is InChI=1S/C31H26BrN3O5/c1-3-39-28-16-20(14-23(18-33)31(37)34-24-13-12-21-8-4-5-9-22(21)17-24)15-25(32)30(28)40-19-29(36)35-26-10-6-7-11-27(26)38-2/h4-17H,3,19H2,1-2H3,(H,34,37)(H,35,36)/b23-14-. The number of halogens is 1. The first-order chi connectivity index (χ1) is 19.4. The van der Waals surface area contributed by atoms with E-state index in [4.69, 9.17) is 14.2 Å². The third-order valence-corrected chi connectivity index (χ3v) is 6.33. The third kappa shape index (κ3) is 6.98. The number of ether oxygens (including phenoxy) is 3. The van der Waals surface area contributed by atoms with E-state index in [0.29, 0.717) is 45.3 Å². The van der Waals surface area contributed by atoms with Gasteiger partial charge >= 0.3 is 0 Å². The maximum Gasteiger partial charge on any atom is 0.266 e. The molecule has 0 spiro atoms. The maximum absolute atomic E-state index is 12.9. The van der Waals surface area contributed by atoms with E-state index in [-0.39, 0.29) is 18.1 Å². The van der Waals surface area contributed by atoms with Crippen molar-refractivity contribution in [1.29, 1.82) is 5.26 Å². The molecule has 2 N–H and O–H groups in total. The van der Waals surface area contributed by atoms with Crippen LogP contribution in [0.3, 0.4) is 0 Å². The highest BCUT2D eigenvalue weighted by molar-refractivity contribution is 9.10. The van der Waals surface area contributed by atoms with Crippen molar-refractivity contribution in [1.82, 2.24) is 0 Å². The number of nitrogens with zero attached hydrogens (tertiary/aromatic N) is 1. The van der Waals surface area contributed by atoms with Crippen molar-refractivity contribution in [3.63, 3.8) is 0 Å². The SMILES string of the molecule is CCOc1cc(/C=C(/C#N)C(=O)Nc2ccc3ccccc3c2)cc(Br)c1OCC(=O)Nc1ccccc1OC. The van der Waals surface area contributed by atoms with E-state index in [1.54, 1.807) is 42.5 Å². The summed E-state index contributed by atoms with van der Waals surface area (Å²) < 4.78 is 17.3. The van der Waals surface area contributed by atoms with Gasteiger partial charge in [-0.2, -0.15) is 5.26 Å². The molecule has 0 saturated heterocycles. The Morgan fingerprint density at radius 2 is 1.68 bits per heavy atom. The van der Waals surface area contributed by atoms with Gasteiger partial charge in [-0.05, 0) is 81.7 Å². The summed E-state index contributed by atoms with van der Waals surface area (Å²) in [6.45, 7) is 1.85. The zero-order valence-electron chi connectivity index (χ0n) is 21.9. The van der Waals surface area contributed by atoms with Gasteiger partial charge in [0.2, 0.25) is 0 Å². The molecule has 0 fully saturated rings. The summed E-state index contributed by atoms with van der Waals surface area (Å²) in [5.41, 5.74) is 1.55. The van der Waals surface area contributed by atoms with Crippen molar-refractivity contribution in [3.05, 3.63) is 94.5 Å². The Balaban J connectivity index is 1.50. The number of amides is 2. The van der Waals surface area contributed by atoms with Crippen LogP contribution in [0.25, 0.3) is 16.8 Å². The number of rotatable bonds is 10. The van der Waals surface area contributed by atoms with Gasteiger partial charge in [-0.25, -0.2) is 0 Å². The monoisotopic (exact) mass is 599 g/mol. The fraction of sp³-hybridized carbons (Fsp3) is 0.129. The van der Waals surface area contributed by atoms with E-state index < -0.39 is 5.91 Å². The molecule has 0 aliphatic carbocycles. The van der Waals surface area contributed by atoms with Gasteiger partial charge in [-0.15, -0.1) is 0 Å². The molecule has 4 aromatic carbocycles. The Morgan fingerprint density at radius 3 is 2.42 bits per heavy atom. The summed E-state index contributed by atoms with van der Waals surface area (Å²) in [6.07, 6.45) is 1.46. The molecule has 0 bridgehead atoms. The Labute approximate surface area is 240 Å². The molecule has 2 amide bonds. The molecule has 0 aliphatic heterocycles. The molecule has 0 aliphatic rings. The highest BCUT2D eigenvalue weighted by Gasteiger charge is 2.16. The fourth-order valence-corrected chi connectivity index (χ4v) is 4.50. The molecule has 9 heteroatoms. The van der Waals surface area contributed by atoms with Crippen molar-refractivity contribution in [2.45, 2.75) is 6.92 Å². The number of nitriles is 1. The van der Waals surface area contributed by atoms with Crippen LogP contribution in [-0.4, -0.2) is 32.1 Å². The smallest absolute Gasteiger partial charge is 0.266 e. The second-order valence-corrected chi connectivity index (χ2v) is 9.34. The lowest BCUT2D eigenvalue weighted by molar-refractivity contribution is -0.118. The number of hydrogen-bond donors (Lipinski definition) is 2. The predicted molar refractivity (Wildman–Crippen MR) is 159 cm³/mol. The molecule has 202 valence electrons. The molecule has 0 radical (unpaired) electrons. The third-order valence-electron chi connectivity index (χ3n) is 5.74. The summed E-state index contributed by atoms with van der Waals surface area (Å²) in [7, 11) is 1.52. The topological polar surface area (TPSA) is 110 Å². The van der Waals surface area contributed by atoms with Crippen LogP contribution < -0.4 is 24.8 Å². The number of anilines is 2. The highest BCUT2D eigenvalue weighted by atomic mass is 79.9. The Bertz CT molecular complexity index is 1630. The zero-order chi connectivity index (χ0) is 28.5. The normalized spacial score (nSPS) is 10.9. The van der Waals surface area contributed by atoms with Gasteiger partial charge < -0.3 is 24.8 Å². The minimum atomic E-state index is -0.541. The van der Waals surface area contributed by atoms with Crippen LogP contribution >= 0.6 is 15.9 Å². The van der Waals surface area contributed by atoms with Crippen LogP contribution in [0.4, 0.5) is 11.4 Å². The number of nitrogens with one attached hydrogen (secondary N) is 2. The zero-order valence-corrected chi connectivity index (χ0v) is 23.4. The van der Waals surface area contributed by atoms with Gasteiger partial charge in [0.25, 0.3) is 11.8 Å². The minimum absolute atomic E-state index is 0.0904. The van der Waals surface area contributed by atoms with Crippen LogP contribution in [0.2, 0.25) is 0 Å². The van der Waals surface area contributed by atoms with Gasteiger partial charge in [-0.3, -0.25) is 9.59 Å². The lowest BCUT2D eigenvalue weighted by Crippen LogP contribution is -2.21. The molecular formula is C31H26BrN3O5. The second kappa shape index (κ2) is 13.3. The van der Waals surface area contributed by atoms with Crippen molar-refractivity contribution in [2.24, 2.45) is 0 Å². The molecular weight excluding hydrogens is 574 g/mol. The van der Waals surface area contributed by atoms with E-state index in [1.807, 2.05) is 49.4 Å². The first kappa shape index (κ1) is 28.2. The van der Waals surface area contributed by atoms with Crippen LogP contribution in [-0.2, 0) is 9.59 Å². The number of fused-ring (bicyclic) bond motifs is 1. The molecule has 0 heterocycles. The van der Waals surface area contributed by atoms with E-state index >= 15 is 0 Å². The lowest BCUT2D eigenvalue weighted by atomic mass is 10.1. The predicted octanol–water partition coefficient (Wildman–Crippen LogP) is 6.57. The molecule has 0 saturated carbocycles. The van der Waals surface area contributed by atoms with Gasteiger partial charge in [0.15, 0.2) is 18.1 Å². The average molecular weight is 600 g/mol.